The lowest BCUT2D eigenvalue weighted by atomic mass is 9.92. The molecule has 0 aromatic heterocycles. The molecule has 0 unspecified atom stereocenters. The van der Waals surface area contributed by atoms with Crippen LogP contribution in [-0.4, -0.2) is 68.9 Å². The molecule has 0 aliphatic heterocycles. The molecule has 1 aromatic rings. The van der Waals surface area contributed by atoms with Gasteiger partial charge in [-0.3, -0.25) is 0 Å². The Hall–Kier alpha value is -2.05. The van der Waals surface area contributed by atoms with Crippen LogP contribution in [0.4, 0.5) is 10.5 Å². The number of amides is 2. The fourth-order valence-electron chi connectivity index (χ4n) is 4.27. The van der Waals surface area contributed by atoms with Crippen LogP contribution in [0.5, 0.6) is 5.75 Å². The first-order valence-electron chi connectivity index (χ1n) is 12.0. The molecule has 6 nitrogen and oxygen atoms in total. The molecule has 2 amide bonds. The first-order valence-corrected chi connectivity index (χ1v) is 12.0. The quantitative estimate of drug-likeness (QED) is 0.323. The van der Waals surface area contributed by atoms with Crippen LogP contribution in [0.25, 0.3) is 0 Å². The fraction of sp³-hybridized carbons (Fsp3) is 0.654. The second-order valence-electron chi connectivity index (χ2n) is 8.99. The van der Waals surface area contributed by atoms with Gasteiger partial charge in [0.15, 0.2) is 0 Å². The van der Waals surface area contributed by atoms with Crippen LogP contribution in [-0.2, 0) is 4.74 Å². The first kappa shape index (κ1) is 26.2. The number of hydrogen-bond acceptors (Lipinski definition) is 4. The Bertz CT molecular complexity index is 702. The number of anilines is 1. The number of aryl methyl sites for hydroxylation is 1. The molecule has 0 spiro atoms. The van der Waals surface area contributed by atoms with Crippen LogP contribution >= 0.6 is 0 Å². The molecule has 1 saturated carbocycles. The highest BCUT2D eigenvalue weighted by Crippen LogP contribution is 2.26. The molecule has 6 heteroatoms. The Morgan fingerprint density at radius 3 is 2.53 bits per heavy atom. The molecule has 1 aliphatic carbocycles. The van der Waals surface area contributed by atoms with Crippen molar-refractivity contribution in [1.82, 2.24) is 9.80 Å². The molecule has 0 radical (unpaired) electrons. The van der Waals surface area contributed by atoms with Gasteiger partial charge >= 0.3 is 6.03 Å². The molecule has 0 heterocycles. The van der Waals surface area contributed by atoms with Crippen LogP contribution in [0, 0.1) is 6.92 Å². The molecule has 32 heavy (non-hydrogen) atoms. The Labute approximate surface area is 194 Å². The van der Waals surface area contributed by atoms with Crippen molar-refractivity contribution in [2.24, 2.45) is 0 Å². The molecule has 0 bridgehead atoms. The van der Waals surface area contributed by atoms with Gasteiger partial charge in [-0.05, 0) is 82.8 Å². The maximum atomic E-state index is 12.7. The van der Waals surface area contributed by atoms with Crippen LogP contribution in [0.3, 0.4) is 0 Å². The SMILES string of the molecule is C=CCN(C)CCCCCCO[C@H]1CC[C@H](N(C)C(=O)Nc2ccc(OC)cc2C)CC1. The molecular weight excluding hydrogens is 402 g/mol. The van der Waals surface area contributed by atoms with Gasteiger partial charge in [-0.1, -0.05) is 18.9 Å². The lowest BCUT2D eigenvalue weighted by Gasteiger charge is -2.34. The summed E-state index contributed by atoms with van der Waals surface area (Å²) in [6.45, 7) is 8.70. The molecule has 1 N–H and O–H groups in total. The summed E-state index contributed by atoms with van der Waals surface area (Å²) >= 11 is 0. The summed E-state index contributed by atoms with van der Waals surface area (Å²) in [5.74, 6) is 0.795. The molecule has 1 fully saturated rings. The standard InChI is InChI=1S/C26H43N3O3/c1-6-17-28(3)18-9-7-8-10-19-32-23-13-11-22(12-14-23)29(4)26(30)27-25-16-15-24(31-5)20-21(25)2/h6,15-16,20,22-23H,1,7-14,17-19H2,2-5H3,(H,27,30)/t22-,23-. The van der Waals surface area contributed by atoms with Gasteiger partial charge in [0.05, 0.1) is 13.2 Å². The van der Waals surface area contributed by atoms with E-state index in [9.17, 15) is 4.79 Å². The van der Waals surface area contributed by atoms with Crippen molar-refractivity contribution in [1.29, 1.82) is 0 Å². The number of carbonyl (C=O) groups excluding carboxylic acids is 1. The minimum absolute atomic E-state index is 0.0543. The van der Waals surface area contributed by atoms with Gasteiger partial charge in [0.2, 0.25) is 0 Å². The summed E-state index contributed by atoms with van der Waals surface area (Å²) in [6.07, 6.45) is 11.2. The van der Waals surface area contributed by atoms with Crippen molar-refractivity contribution in [2.45, 2.75) is 70.4 Å². The smallest absolute Gasteiger partial charge is 0.321 e. The minimum atomic E-state index is -0.0543. The van der Waals surface area contributed by atoms with Gasteiger partial charge in [-0.2, -0.15) is 0 Å². The first-order chi connectivity index (χ1) is 15.4. The van der Waals surface area contributed by atoms with E-state index in [1.165, 1.54) is 19.3 Å². The minimum Gasteiger partial charge on any atom is -0.497 e. The van der Waals surface area contributed by atoms with Gasteiger partial charge in [0.1, 0.15) is 5.75 Å². The van der Waals surface area contributed by atoms with Gasteiger partial charge in [-0.25, -0.2) is 4.79 Å². The molecule has 180 valence electrons. The number of rotatable bonds is 13. The summed E-state index contributed by atoms with van der Waals surface area (Å²) in [7, 11) is 5.68. The van der Waals surface area contributed by atoms with Crippen molar-refractivity contribution < 1.29 is 14.3 Å². The van der Waals surface area contributed by atoms with Crippen LogP contribution < -0.4 is 10.1 Å². The number of urea groups is 1. The van der Waals surface area contributed by atoms with E-state index in [0.717, 1.165) is 68.8 Å². The largest absolute Gasteiger partial charge is 0.497 e. The normalized spacial score (nSPS) is 18.4. The molecule has 0 saturated heterocycles. The van der Waals surface area contributed by atoms with E-state index in [1.807, 2.05) is 43.1 Å². The Kier molecular flexibility index (Phi) is 11.6. The van der Waals surface area contributed by atoms with E-state index < -0.39 is 0 Å². The summed E-state index contributed by atoms with van der Waals surface area (Å²) in [4.78, 5) is 16.9. The number of methoxy groups -OCH3 is 1. The second kappa shape index (κ2) is 14.2. The third-order valence-electron chi connectivity index (χ3n) is 6.42. The van der Waals surface area contributed by atoms with Gasteiger partial charge in [0.25, 0.3) is 0 Å². The molecule has 1 aliphatic rings. The zero-order valence-electron chi connectivity index (χ0n) is 20.6. The Morgan fingerprint density at radius 2 is 1.88 bits per heavy atom. The molecule has 1 aromatic carbocycles. The molecule has 0 atom stereocenters. The number of likely N-dealkylation sites (N-methyl/N-ethyl adjacent to an activating group) is 1. The van der Waals surface area contributed by atoms with Crippen LogP contribution in [0.1, 0.15) is 56.9 Å². The third-order valence-corrected chi connectivity index (χ3v) is 6.42. The summed E-state index contributed by atoms with van der Waals surface area (Å²) in [6, 6.07) is 5.90. The Morgan fingerprint density at radius 1 is 1.16 bits per heavy atom. The highest BCUT2D eigenvalue weighted by Gasteiger charge is 2.27. The van der Waals surface area contributed by atoms with Crippen molar-refractivity contribution in [3.05, 3.63) is 36.4 Å². The van der Waals surface area contributed by atoms with E-state index in [1.54, 1.807) is 7.11 Å². The number of unbranched alkanes of at least 4 members (excludes halogenated alkanes) is 3. The topological polar surface area (TPSA) is 54.0 Å². The van der Waals surface area contributed by atoms with E-state index in [4.69, 9.17) is 9.47 Å². The zero-order chi connectivity index (χ0) is 23.3. The van der Waals surface area contributed by atoms with E-state index in [2.05, 4.69) is 23.8 Å². The highest BCUT2D eigenvalue weighted by atomic mass is 16.5. The Balaban J connectivity index is 1.60. The van der Waals surface area contributed by atoms with Crippen molar-refractivity contribution >= 4 is 11.7 Å². The second-order valence-corrected chi connectivity index (χ2v) is 8.99. The predicted octanol–water partition coefficient (Wildman–Crippen LogP) is 5.47. The summed E-state index contributed by atoms with van der Waals surface area (Å²) in [5.41, 5.74) is 1.82. The maximum Gasteiger partial charge on any atom is 0.321 e. The number of nitrogens with zero attached hydrogens (tertiary/aromatic N) is 2. The van der Waals surface area contributed by atoms with Crippen LogP contribution in [0.2, 0.25) is 0 Å². The molecular formula is C26H43N3O3. The van der Waals surface area contributed by atoms with Crippen molar-refractivity contribution in [3.63, 3.8) is 0 Å². The number of nitrogens with one attached hydrogen (secondary N) is 1. The number of benzene rings is 1. The zero-order valence-corrected chi connectivity index (χ0v) is 20.6. The fourth-order valence-corrected chi connectivity index (χ4v) is 4.27. The summed E-state index contributed by atoms with van der Waals surface area (Å²) < 4.78 is 11.4. The van der Waals surface area contributed by atoms with Gasteiger partial charge in [-0.15, -0.1) is 6.58 Å². The van der Waals surface area contributed by atoms with Gasteiger partial charge < -0.3 is 24.6 Å². The number of ether oxygens (including phenoxy) is 2. The number of hydrogen-bond donors (Lipinski definition) is 1. The number of carbonyl (C=O) groups is 1. The lowest BCUT2D eigenvalue weighted by molar-refractivity contribution is 0.0130. The predicted molar refractivity (Wildman–Crippen MR) is 133 cm³/mol. The average molecular weight is 446 g/mol. The van der Waals surface area contributed by atoms with Gasteiger partial charge in [0, 0.05) is 31.9 Å². The highest BCUT2D eigenvalue weighted by molar-refractivity contribution is 5.90. The van der Waals surface area contributed by atoms with E-state index >= 15 is 0 Å². The van der Waals surface area contributed by atoms with E-state index in [0.29, 0.717) is 6.10 Å². The van der Waals surface area contributed by atoms with E-state index in [-0.39, 0.29) is 12.1 Å². The van der Waals surface area contributed by atoms with Crippen LogP contribution in [0.15, 0.2) is 30.9 Å². The monoisotopic (exact) mass is 445 g/mol. The van der Waals surface area contributed by atoms with Crippen molar-refractivity contribution in [2.75, 3.05) is 46.2 Å². The summed E-state index contributed by atoms with van der Waals surface area (Å²) in [5, 5.41) is 3.03. The third kappa shape index (κ3) is 8.83. The lowest BCUT2D eigenvalue weighted by Crippen LogP contribution is -2.42. The molecule has 2 rings (SSSR count). The average Bonchev–Trinajstić information content (AvgIpc) is 2.79. The van der Waals surface area contributed by atoms with Crippen molar-refractivity contribution in [3.8, 4) is 5.75 Å². The maximum absolute atomic E-state index is 12.7.